The Morgan fingerprint density at radius 3 is 2.68 bits per heavy atom. The number of carbonyl (C=O) groups is 2. The summed E-state index contributed by atoms with van der Waals surface area (Å²) in [7, 11) is 1.60. The Labute approximate surface area is 146 Å². The highest BCUT2D eigenvalue weighted by molar-refractivity contribution is 5.90. The van der Waals surface area contributed by atoms with Gasteiger partial charge in [-0.3, -0.25) is 9.59 Å². The number of carbonyl (C=O) groups excluding carboxylic acids is 2. The van der Waals surface area contributed by atoms with Crippen LogP contribution in [0.3, 0.4) is 0 Å². The van der Waals surface area contributed by atoms with Crippen molar-refractivity contribution in [2.24, 2.45) is 5.73 Å². The zero-order chi connectivity index (χ0) is 17.8. The van der Waals surface area contributed by atoms with Crippen molar-refractivity contribution in [1.29, 1.82) is 0 Å². The van der Waals surface area contributed by atoms with E-state index < -0.39 is 11.9 Å². The van der Waals surface area contributed by atoms with Crippen molar-refractivity contribution in [1.82, 2.24) is 5.32 Å². The van der Waals surface area contributed by atoms with Crippen molar-refractivity contribution < 1.29 is 14.3 Å². The summed E-state index contributed by atoms with van der Waals surface area (Å²) < 4.78 is 5.28. The third-order valence-corrected chi connectivity index (χ3v) is 4.40. The second-order valence-corrected chi connectivity index (χ2v) is 5.97. The van der Waals surface area contributed by atoms with Gasteiger partial charge in [0.05, 0.1) is 13.7 Å². The molecule has 0 aliphatic carbocycles. The van der Waals surface area contributed by atoms with Crippen LogP contribution >= 0.6 is 0 Å². The number of nitrogens with two attached hydrogens (primary N) is 1. The lowest BCUT2D eigenvalue weighted by molar-refractivity contribution is -0.120. The van der Waals surface area contributed by atoms with Crippen LogP contribution in [0.25, 0.3) is 0 Å². The predicted molar refractivity (Wildman–Crippen MR) is 95.3 cm³/mol. The number of nitrogens with zero attached hydrogens (tertiary/aromatic N) is 1. The van der Waals surface area contributed by atoms with Gasteiger partial charge in [-0.15, -0.1) is 0 Å². The third-order valence-electron chi connectivity index (χ3n) is 4.40. The number of para-hydroxylation sites is 2. The number of ether oxygens (including phenoxy) is 1. The molecule has 0 radical (unpaired) electrons. The van der Waals surface area contributed by atoms with E-state index in [9.17, 15) is 9.59 Å². The van der Waals surface area contributed by atoms with E-state index in [1.165, 1.54) is 0 Å². The maximum absolute atomic E-state index is 12.4. The molecule has 0 aromatic heterocycles. The topological polar surface area (TPSA) is 84.7 Å². The molecule has 0 saturated carbocycles. The number of primary amides is 1. The maximum Gasteiger partial charge on any atom is 0.240 e. The first kappa shape index (κ1) is 16.8. The molecule has 6 heteroatoms. The van der Waals surface area contributed by atoms with Crippen LogP contribution in [0.2, 0.25) is 0 Å². The summed E-state index contributed by atoms with van der Waals surface area (Å²) in [6.07, 6.45) is 0.533. The average Bonchev–Trinajstić information content (AvgIpc) is 2.99. The van der Waals surface area contributed by atoms with Crippen LogP contribution in [0, 0.1) is 0 Å². The van der Waals surface area contributed by atoms with Crippen molar-refractivity contribution in [2.45, 2.75) is 19.0 Å². The average molecular weight is 339 g/mol. The third kappa shape index (κ3) is 3.57. The fourth-order valence-electron chi connectivity index (χ4n) is 3.15. The van der Waals surface area contributed by atoms with E-state index in [2.05, 4.69) is 5.32 Å². The Bertz CT molecular complexity index is 791. The van der Waals surface area contributed by atoms with Gasteiger partial charge in [-0.25, -0.2) is 0 Å². The molecule has 1 aliphatic rings. The van der Waals surface area contributed by atoms with Crippen LogP contribution in [0.4, 0.5) is 5.69 Å². The van der Waals surface area contributed by atoms with Crippen molar-refractivity contribution in [3.8, 4) is 5.75 Å². The monoisotopic (exact) mass is 339 g/mol. The Morgan fingerprint density at radius 2 is 1.92 bits per heavy atom. The lowest BCUT2D eigenvalue weighted by Crippen LogP contribution is -2.47. The van der Waals surface area contributed by atoms with E-state index in [0.29, 0.717) is 13.0 Å². The molecule has 0 saturated heterocycles. The van der Waals surface area contributed by atoms with Gasteiger partial charge in [-0.2, -0.15) is 0 Å². The fourth-order valence-corrected chi connectivity index (χ4v) is 3.15. The first-order valence-corrected chi connectivity index (χ1v) is 8.12. The van der Waals surface area contributed by atoms with E-state index in [-0.39, 0.29) is 12.5 Å². The van der Waals surface area contributed by atoms with Gasteiger partial charge in [0.25, 0.3) is 0 Å². The van der Waals surface area contributed by atoms with Gasteiger partial charge >= 0.3 is 0 Å². The SMILES string of the molecule is COc1ccccc1CNC(=O)CN1c2ccccc2C[C@H]1C(N)=O. The first-order valence-electron chi connectivity index (χ1n) is 8.12. The van der Waals surface area contributed by atoms with Gasteiger partial charge < -0.3 is 20.7 Å². The number of rotatable bonds is 6. The largest absolute Gasteiger partial charge is 0.496 e. The number of hydrogen-bond acceptors (Lipinski definition) is 4. The molecule has 2 amide bonds. The smallest absolute Gasteiger partial charge is 0.240 e. The standard InChI is InChI=1S/C19H21N3O3/c1-25-17-9-5-3-7-14(17)11-21-18(23)12-22-15-8-4-2-6-13(15)10-16(22)19(20)24/h2-9,16H,10-12H2,1H3,(H2,20,24)(H,21,23)/t16-/m0/s1. The summed E-state index contributed by atoms with van der Waals surface area (Å²) in [5, 5.41) is 2.88. The minimum Gasteiger partial charge on any atom is -0.496 e. The highest BCUT2D eigenvalue weighted by Gasteiger charge is 2.33. The second-order valence-electron chi connectivity index (χ2n) is 5.97. The fraction of sp³-hybridized carbons (Fsp3) is 0.263. The molecule has 0 unspecified atom stereocenters. The van der Waals surface area contributed by atoms with E-state index in [1.807, 2.05) is 48.5 Å². The number of anilines is 1. The molecule has 3 N–H and O–H groups in total. The summed E-state index contributed by atoms with van der Waals surface area (Å²) in [5.41, 5.74) is 8.33. The van der Waals surface area contributed by atoms with Crippen molar-refractivity contribution in [2.75, 3.05) is 18.6 Å². The Morgan fingerprint density at radius 1 is 1.20 bits per heavy atom. The maximum atomic E-state index is 12.4. The number of benzene rings is 2. The normalized spacial score (nSPS) is 15.6. The van der Waals surface area contributed by atoms with Gasteiger partial charge in [-0.05, 0) is 17.7 Å². The van der Waals surface area contributed by atoms with Crippen LogP contribution in [-0.2, 0) is 22.6 Å². The molecule has 2 aromatic carbocycles. The molecule has 1 heterocycles. The van der Waals surface area contributed by atoms with E-state index in [4.69, 9.17) is 10.5 Å². The first-order chi connectivity index (χ1) is 12.1. The van der Waals surface area contributed by atoms with Gasteiger partial charge in [0.15, 0.2) is 0 Å². The molecule has 0 fully saturated rings. The summed E-state index contributed by atoms with van der Waals surface area (Å²) in [5.74, 6) is 0.131. The quantitative estimate of drug-likeness (QED) is 0.829. The second kappa shape index (κ2) is 7.25. The Kier molecular flexibility index (Phi) is 4.88. The predicted octanol–water partition coefficient (Wildman–Crippen LogP) is 1.23. The Hall–Kier alpha value is -3.02. The lowest BCUT2D eigenvalue weighted by Gasteiger charge is -2.24. The van der Waals surface area contributed by atoms with Crippen LogP contribution in [-0.4, -0.2) is 31.5 Å². The lowest BCUT2D eigenvalue weighted by atomic mass is 10.1. The molecule has 2 aromatic rings. The van der Waals surface area contributed by atoms with Gasteiger partial charge in [0.1, 0.15) is 11.8 Å². The molecule has 3 rings (SSSR count). The van der Waals surface area contributed by atoms with Crippen LogP contribution in [0.15, 0.2) is 48.5 Å². The zero-order valence-electron chi connectivity index (χ0n) is 14.1. The Balaban J connectivity index is 1.68. The number of nitrogens with one attached hydrogen (secondary N) is 1. The van der Waals surface area contributed by atoms with Gasteiger partial charge in [0, 0.05) is 24.2 Å². The number of amides is 2. The molecule has 25 heavy (non-hydrogen) atoms. The van der Waals surface area contributed by atoms with E-state index in [0.717, 1.165) is 22.6 Å². The number of methoxy groups -OCH3 is 1. The molecule has 1 atom stereocenters. The van der Waals surface area contributed by atoms with Crippen molar-refractivity contribution in [3.05, 3.63) is 59.7 Å². The van der Waals surface area contributed by atoms with E-state index >= 15 is 0 Å². The molecular weight excluding hydrogens is 318 g/mol. The molecule has 0 spiro atoms. The van der Waals surface area contributed by atoms with Crippen molar-refractivity contribution in [3.63, 3.8) is 0 Å². The summed E-state index contributed by atoms with van der Waals surface area (Å²) >= 11 is 0. The number of hydrogen-bond donors (Lipinski definition) is 2. The molecule has 130 valence electrons. The van der Waals surface area contributed by atoms with E-state index in [1.54, 1.807) is 12.0 Å². The molecular formula is C19H21N3O3. The van der Waals surface area contributed by atoms with Gasteiger partial charge in [-0.1, -0.05) is 36.4 Å². The molecule has 0 bridgehead atoms. The highest BCUT2D eigenvalue weighted by Crippen LogP contribution is 2.31. The summed E-state index contributed by atoms with van der Waals surface area (Å²) in [6.45, 7) is 0.444. The summed E-state index contributed by atoms with van der Waals surface area (Å²) in [6, 6.07) is 14.7. The zero-order valence-corrected chi connectivity index (χ0v) is 14.1. The molecule has 6 nitrogen and oxygen atoms in total. The number of fused-ring (bicyclic) bond motifs is 1. The van der Waals surface area contributed by atoms with Crippen molar-refractivity contribution >= 4 is 17.5 Å². The van der Waals surface area contributed by atoms with Crippen LogP contribution in [0.5, 0.6) is 5.75 Å². The van der Waals surface area contributed by atoms with Crippen LogP contribution < -0.4 is 20.7 Å². The summed E-state index contributed by atoms with van der Waals surface area (Å²) in [4.78, 5) is 25.9. The highest BCUT2D eigenvalue weighted by atomic mass is 16.5. The molecule has 1 aliphatic heterocycles. The van der Waals surface area contributed by atoms with Gasteiger partial charge in [0.2, 0.25) is 11.8 Å². The minimum atomic E-state index is -0.491. The van der Waals surface area contributed by atoms with Crippen LogP contribution in [0.1, 0.15) is 11.1 Å². The minimum absolute atomic E-state index is 0.0831.